The topological polar surface area (TPSA) is 44.2 Å². The smallest absolute Gasteiger partial charge is 0.159 e. The molecule has 0 spiro atoms. The number of unbranched alkanes of at least 4 members (excludes halogenated alkanes) is 7. The standard InChI is InChI=1S/C31H41FN2O2/c1-4-5-6-7-8-9-10-11-20-35-28-16-12-25(13-17-28)27-21-33-31(34-22-27)26-14-18-29(19-15-26)36-23-30(32)24(2)3/h12-19,21-22,24,30H,4-11,20,23H2,1-3H3. The summed E-state index contributed by atoms with van der Waals surface area (Å²) in [4.78, 5) is 9.07. The molecule has 1 aromatic heterocycles. The van der Waals surface area contributed by atoms with Crippen LogP contribution in [-0.4, -0.2) is 29.4 Å². The van der Waals surface area contributed by atoms with Crippen LogP contribution >= 0.6 is 0 Å². The maximum Gasteiger partial charge on any atom is 0.159 e. The number of aromatic nitrogens is 2. The van der Waals surface area contributed by atoms with E-state index in [2.05, 4.69) is 16.9 Å². The maximum atomic E-state index is 13.7. The minimum atomic E-state index is -0.976. The summed E-state index contributed by atoms with van der Waals surface area (Å²) in [5.41, 5.74) is 2.89. The molecule has 0 aliphatic heterocycles. The molecule has 1 heterocycles. The SMILES string of the molecule is CCCCCCCCCCOc1ccc(-c2cnc(-c3ccc(OCC(F)C(C)C)cc3)nc2)cc1. The number of hydrogen-bond donors (Lipinski definition) is 0. The van der Waals surface area contributed by atoms with E-state index in [4.69, 9.17) is 9.47 Å². The zero-order valence-corrected chi connectivity index (χ0v) is 22.1. The van der Waals surface area contributed by atoms with Crippen LogP contribution in [0.3, 0.4) is 0 Å². The van der Waals surface area contributed by atoms with E-state index in [0.717, 1.165) is 35.5 Å². The summed E-state index contributed by atoms with van der Waals surface area (Å²) in [5, 5.41) is 0. The highest BCUT2D eigenvalue weighted by molar-refractivity contribution is 5.64. The van der Waals surface area contributed by atoms with Crippen molar-refractivity contribution in [3.05, 3.63) is 60.9 Å². The van der Waals surface area contributed by atoms with Crippen molar-refractivity contribution < 1.29 is 13.9 Å². The first kappa shape index (κ1) is 27.6. The molecule has 0 saturated carbocycles. The molecule has 194 valence electrons. The first-order valence-electron chi connectivity index (χ1n) is 13.5. The van der Waals surface area contributed by atoms with E-state index < -0.39 is 6.17 Å². The Hall–Kier alpha value is -2.95. The van der Waals surface area contributed by atoms with Gasteiger partial charge >= 0.3 is 0 Å². The molecule has 0 aliphatic carbocycles. The highest BCUT2D eigenvalue weighted by atomic mass is 19.1. The second-order valence-electron chi connectivity index (χ2n) is 9.74. The average Bonchev–Trinajstić information content (AvgIpc) is 2.91. The largest absolute Gasteiger partial charge is 0.494 e. The Morgan fingerprint density at radius 3 is 1.78 bits per heavy atom. The summed E-state index contributed by atoms with van der Waals surface area (Å²) in [7, 11) is 0. The number of hydrogen-bond acceptors (Lipinski definition) is 4. The van der Waals surface area contributed by atoms with E-state index in [0.29, 0.717) is 11.6 Å². The number of ether oxygens (including phenoxy) is 2. The maximum absolute atomic E-state index is 13.7. The van der Waals surface area contributed by atoms with E-state index in [1.165, 1.54) is 44.9 Å². The van der Waals surface area contributed by atoms with Gasteiger partial charge in [0.2, 0.25) is 0 Å². The minimum Gasteiger partial charge on any atom is -0.494 e. The van der Waals surface area contributed by atoms with Crippen molar-refractivity contribution in [2.24, 2.45) is 5.92 Å². The van der Waals surface area contributed by atoms with Gasteiger partial charge in [-0.1, -0.05) is 77.8 Å². The van der Waals surface area contributed by atoms with Crippen LogP contribution in [0.5, 0.6) is 11.5 Å². The van der Waals surface area contributed by atoms with Crippen molar-refractivity contribution in [2.75, 3.05) is 13.2 Å². The van der Waals surface area contributed by atoms with Crippen molar-refractivity contribution in [1.82, 2.24) is 9.97 Å². The molecule has 2 aromatic carbocycles. The third kappa shape index (κ3) is 9.25. The van der Waals surface area contributed by atoms with Gasteiger partial charge in [-0.2, -0.15) is 0 Å². The monoisotopic (exact) mass is 492 g/mol. The second-order valence-corrected chi connectivity index (χ2v) is 9.74. The van der Waals surface area contributed by atoms with Gasteiger partial charge in [-0.15, -0.1) is 0 Å². The summed E-state index contributed by atoms with van der Waals surface area (Å²) in [6.07, 6.45) is 13.1. The van der Waals surface area contributed by atoms with E-state index >= 15 is 0 Å². The van der Waals surface area contributed by atoms with Crippen molar-refractivity contribution >= 4 is 0 Å². The van der Waals surface area contributed by atoms with Crippen molar-refractivity contribution in [2.45, 2.75) is 78.3 Å². The van der Waals surface area contributed by atoms with Gasteiger partial charge in [0.15, 0.2) is 5.82 Å². The second kappa shape index (κ2) is 15.2. The molecule has 5 heteroatoms. The Morgan fingerprint density at radius 1 is 0.667 bits per heavy atom. The number of halogens is 1. The summed E-state index contributed by atoms with van der Waals surface area (Å²) in [6, 6.07) is 15.5. The van der Waals surface area contributed by atoms with E-state index in [9.17, 15) is 4.39 Å². The lowest BCUT2D eigenvalue weighted by Crippen LogP contribution is -2.18. The molecule has 0 saturated heterocycles. The van der Waals surface area contributed by atoms with Crippen LogP contribution in [0.2, 0.25) is 0 Å². The summed E-state index contributed by atoms with van der Waals surface area (Å²) < 4.78 is 25.2. The molecule has 0 aliphatic rings. The summed E-state index contributed by atoms with van der Waals surface area (Å²) in [6.45, 7) is 6.77. The van der Waals surface area contributed by atoms with Crippen LogP contribution in [0, 0.1) is 5.92 Å². The summed E-state index contributed by atoms with van der Waals surface area (Å²) >= 11 is 0. The molecule has 0 N–H and O–H groups in total. The molecule has 3 aromatic rings. The average molecular weight is 493 g/mol. The van der Waals surface area contributed by atoms with Crippen LogP contribution in [0.4, 0.5) is 4.39 Å². The predicted molar refractivity (Wildman–Crippen MR) is 146 cm³/mol. The number of nitrogens with zero attached hydrogens (tertiary/aromatic N) is 2. The van der Waals surface area contributed by atoms with Gasteiger partial charge in [-0.05, 0) is 54.3 Å². The minimum absolute atomic E-state index is 0.0559. The Labute approximate surface area is 216 Å². The van der Waals surface area contributed by atoms with Gasteiger partial charge in [0, 0.05) is 23.5 Å². The van der Waals surface area contributed by atoms with Crippen LogP contribution in [0.1, 0.15) is 72.1 Å². The molecule has 1 unspecified atom stereocenters. The van der Waals surface area contributed by atoms with Crippen molar-refractivity contribution in [1.29, 1.82) is 0 Å². The molecule has 0 amide bonds. The lowest BCUT2D eigenvalue weighted by atomic mass is 10.1. The quantitative estimate of drug-likeness (QED) is 0.188. The molecular formula is C31H41FN2O2. The van der Waals surface area contributed by atoms with Gasteiger partial charge in [-0.25, -0.2) is 14.4 Å². The highest BCUT2D eigenvalue weighted by Gasteiger charge is 2.12. The first-order valence-corrected chi connectivity index (χ1v) is 13.5. The molecule has 36 heavy (non-hydrogen) atoms. The van der Waals surface area contributed by atoms with E-state index in [1.54, 1.807) is 0 Å². The lowest BCUT2D eigenvalue weighted by molar-refractivity contribution is 0.155. The molecule has 0 radical (unpaired) electrons. The lowest BCUT2D eigenvalue weighted by Gasteiger charge is -2.13. The molecule has 0 fully saturated rings. The Balaban J connectivity index is 1.43. The highest BCUT2D eigenvalue weighted by Crippen LogP contribution is 2.24. The van der Waals surface area contributed by atoms with Gasteiger partial charge in [0.25, 0.3) is 0 Å². The molecule has 3 rings (SSSR count). The normalized spacial score (nSPS) is 12.0. The molecular weight excluding hydrogens is 451 g/mol. The van der Waals surface area contributed by atoms with Crippen LogP contribution < -0.4 is 9.47 Å². The Morgan fingerprint density at radius 2 is 1.19 bits per heavy atom. The predicted octanol–water partition coefficient (Wildman–Crippen LogP) is 8.70. The number of alkyl halides is 1. The Bertz CT molecular complexity index is 989. The third-order valence-corrected chi connectivity index (χ3v) is 6.35. The molecule has 1 atom stereocenters. The molecule has 0 bridgehead atoms. The number of benzene rings is 2. The fraction of sp³-hybridized carbons (Fsp3) is 0.484. The van der Waals surface area contributed by atoms with E-state index in [1.807, 2.05) is 74.8 Å². The molecule has 4 nitrogen and oxygen atoms in total. The Kier molecular flexibility index (Phi) is 11.7. The van der Waals surface area contributed by atoms with E-state index in [-0.39, 0.29) is 12.5 Å². The summed E-state index contributed by atoms with van der Waals surface area (Å²) in [5.74, 6) is 2.12. The fourth-order valence-corrected chi connectivity index (χ4v) is 3.86. The van der Waals surface area contributed by atoms with Crippen LogP contribution in [-0.2, 0) is 0 Å². The van der Waals surface area contributed by atoms with Gasteiger partial charge in [-0.3, -0.25) is 0 Å². The van der Waals surface area contributed by atoms with Gasteiger partial charge < -0.3 is 9.47 Å². The van der Waals surface area contributed by atoms with Crippen LogP contribution in [0.25, 0.3) is 22.5 Å². The van der Waals surface area contributed by atoms with Crippen molar-refractivity contribution in [3.8, 4) is 34.0 Å². The zero-order valence-electron chi connectivity index (χ0n) is 22.1. The van der Waals surface area contributed by atoms with Crippen LogP contribution in [0.15, 0.2) is 60.9 Å². The fourth-order valence-electron chi connectivity index (χ4n) is 3.86. The van der Waals surface area contributed by atoms with Gasteiger partial charge in [0.1, 0.15) is 24.3 Å². The first-order chi connectivity index (χ1) is 17.6. The van der Waals surface area contributed by atoms with Crippen molar-refractivity contribution in [3.63, 3.8) is 0 Å². The van der Waals surface area contributed by atoms with Gasteiger partial charge in [0.05, 0.1) is 6.61 Å². The third-order valence-electron chi connectivity index (χ3n) is 6.35. The zero-order chi connectivity index (χ0) is 25.6. The number of rotatable bonds is 16.